The minimum atomic E-state index is 0.00139. The Kier molecular flexibility index (Phi) is 6.56. The molecule has 0 spiro atoms. The first-order valence-corrected chi connectivity index (χ1v) is 17.7. The van der Waals surface area contributed by atoms with Crippen molar-refractivity contribution >= 4 is 49.8 Å². The number of benzene rings is 8. The zero-order chi connectivity index (χ0) is 34.1. The highest BCUT2D eigenvalue weighted by Crippen LogP contribution is 2.50. The predicted octanol–water partition coefficient (Wildman–Crippen LogP) is 13.8. The first-order chi connectivity index (χ1) is 25.0. The van der Waals surface area contributed by atoms with Gasteiger partial charge in [-0.2, -0.15) is 0 Å². The van der Waals surface area contributed by atoms with Crippen molar-refractivity contribution in [1.82, 2.24) is 0 Å². The van der Waals surface area contributed by atoms with Gasteiger partial charge in [-0.05, 0) is 86.8 Å². The zero-order valence-corrected chi connectivity index (χ0v) is 28.6. The summed E-state index contributed by atoms with van der Waals surface area (Å²) in [4.78, 5) is 2.37. The van der Waals surface area contributed by atoms with Crippen LogP contribution in [0.1, 0.15) is 25.0 Å². The Morgan fingerprint density at radius 3 is 1.84 bits per heavy atom. The van der Waals surface area contributed by atoms with E-state index in [0.29, 0.717) is 0 Å². The maximum atomic E-state index is 6.39. The van der Waals surface area contributed by atoms with E-state index in [1.54, 1.807) is 0 Å². The molecule has 0 bridgehead atoms. The van der Waals surface area contributed by atoms with E-state index in [2.05, 4.69) is 183 Å². The van der Waals surface area contributed by atoms with Crippen LogP contribution in [0.3, 0.4) is 0 Å². The highest BCUT2D eigenvalue weighted by atomic mass is 16.3. The van der Waals surface area contributed by atoms with E-state index >= 15 is 0 Å². The second kappa shape index (κ2) is 11.3. The van der Waals surface area contributed by atoms with Gasteiger partial charge in [-0.25, -0.2) is 0 Å². The molecule has 0 unspecified atom stereocenters. The number of nitrogens with zero attached hydrogens (tertiary/aromatic N) is 1. The van der Waals surface area contributed by atoms with Crippen LogP contribution in [0.2, 0.25) is 0 Å². The standard InChI is InChI=1S/C49H35NO/c1-49(2)44-18-7-5-14-40(44)43-31-35(25-30-45(43)49)32-21-26-36(27-22-32)50(46-19-9-12-33-11-3-4-13-38(33)46)37-28-23-34(24-29-37)39-16-10-17-42-41-15-6-8-20-47(41)51-48(39)42/h3-31H,1-2H3. The van der Waals surface area contributed by atoms with Gasteiger partial charge in [0.2, 0.25) is 0 Å². The van der Waals surface area contributed by atoms with Gasteiger partial charge in [-0.15, -0.1) is 0 Å². The highest BCUT2D eigenvalue weighted by molar-refractivity contribution is 6.09. The van der Waals surface area contributed by atoms with E-state index < -0.39 is 0 Å². The lowest BCUT2D eigenvalue weighted by atomic mass is 9.82. The van der Waals surface area contributed by atoms with Crippen molar-refractivity contribution in [2.24, 2.45) is 0 Å². The van der Waals surface area contributed by atoms with Crippen molar-refractivity contribution in [3.05, 3.63) is 187 Å². The summed E-state index contributed by atoms with van der Waals surface area (Å²) < 4.78 is 6.39. The van der Waals surface area contributed by atoms with Crippen molar-refractivity contribution in [3.63, 3.8) is 0 Å². The number of rotatable bonds is 5. The van der Waals surface area contributed by atoms with E-state index in [4.69, 9.17) is 4.42 Å². The van der Waals surface area contributed by atoms with E-state index in [-0.39, 0.29) is 5.41 Å². The molecule has 0 atom stereocenters. The highest BCUT2D eigenvalue weighted by Gasteiger charge is 2.35. The first-order valence-electron chi connectivity index (χ1n) is 17.7. The minimum absolute atomic E-state index is 0.00139. The van der Waals surface area contributed by atoms with Crippen LogP contribution in [-0.2, 0) is 5.41 Å². The average Bonchev–Trinajstić information content (AvgIpc) is 3.68. The van der Waals surface area contributed by atoms with Crippen LogP contribution in [0.5, 0.6) is 0 Å². The molecule has 1 aliphatic carbocycles. The Morgan fingerprint density at radius 2 is 1.02 bits per heavy atom. The SMILES string of the molecule is CC1(C)c2ccccc2-c2cc(-c3ccc(N(c4ccc(-c5cccc6c5oc5ccccc56)cc4)c4cccc5ccccc45)cc3)ccc21. The zero-order valence-electron chi connectivity index (χ0n) is 28.6. The average molecular weight is 654 g/mol. The Hall–Kier alpha value is -6.38. The third-order valence-electron chi connectivity index (χ3n) is 10.9. The van der Waals surface area contributed by atoms with E-state index in [0.717, 1.165) is 50.1 Å². The van der Waals surface area contributed by atoms with Gasteiger partial charge in [0.05, 0.1) is 5.69 Å². The molecular weight excluding hydrogens is 619 g/mol. The molecule has 2 heteroatoms. The molecule has 1 aromatic heterocycles. The fraction of sp³-hybridized carbons (Fsp3) is 0.0612. The maximum Gasteiger partial charge on any atom is 0.143 e. The normalized spacial score (nSPS) is 13.1. The van der Waals surface area contributed by atoms with Crippen molar-refractivity contribution in [2.45, 2.75) is 19.3 Å². The molecule has 0 N–H and O–H groups in total. The summed E-state index contributed by atoms with van der Waals surface area (Å²) in [6, 6.07) is 63.6. The summed E-state index contributed by atoms with van der Waals surface area (Å²) in [5.74, 6) is 0. The minimum Gasteiger partial charge on any atom is -0.455 e. The summed E-state index contributed by atoms with van der Waals surface area (Å²) in [6.45, 7) is 4.67. The Balaban J connectivity index is 1.06. The largest absolute Gasteiger partial charge is 0.455 e. The molecule has 0 saturated carbocycles. The second-order valence-electron chi connectivity index (χ2n) is 14.1. The van der Waals surface area contributed by atoms with Crippen LogP contribution in [0.15, 0.2) is 180 Å². The van der Waals surface area contributed by atoms with Gasteiger partial charge < -0.3 is 9.32 Å². The summed E-state index contributed by atoms with van der Waals surface area (Å²) >= 11 is 0. The maximum absolute atomic E-state index is 6.39. The Bertz CT molecular complexity index is 2760. The molecule has 9 aromatic rings. The van der Waals surface area contributed by atoms with Gasteiger partial charge in [0.1, 0.15) is 11.2 Å². The van der Waals surface area contributed by atoms with E-state index in [9.17, 15) is 0 Å². The smallest absolute Gasteiger partial charge is 0.143 e. The molecule has 0 aliphatic heterocycles. The quantitative estimate of drug-likeness (QED) is 0.184. The van der Waals surface area contributed by atoms with Gasteiger partial charge >= 0.3 is 0 Å². The summed E-state index contributed by atoms with van der Waals surface area (Å²) in [6.07, 6.45) is 0. The molecule has 8 aromatic carbocycles. The molecule has 10 rings (SSSR count). The first kappa shape index (κ1) is 29.5. The summed E-state index contributed by atoms with van der Waals surface area (Å²) in [5, 5.41) is 4.71. The predicted molar refractivity (Wildman–Crippen MR) is 214 cm³/mol. The molecular formula is C49H35NO. The van der Waals surface area contributed by atoms with E-state index in [1.807, 2.05) is 12.1 Å². The van der Waals surface area contributed by atoms with Crippen molar-refractivity contribution in [1.29, 1.82) is 0 Å². The molecule has 0 fully saturated rings. The molecule has 0 saturated heterocycles. The molecule has 1 heterocycles. The van der Waals surface area contributed by atoms with Gasteiger partial charge in [-0.3, -0.25) is 0 Å². The number of para-hydroxylation sites is 2. The second-order valence-corrected chi connectivity index (χ2v) is 14.1. The Labute approximate surface area is 297 Å². The lowest BCUT2D eigenvalue weighted by molar-refractivity contribution is 0.660. The molecule has 242 valence electrons. The molecule has 0 radical (unpaired) electrons. The van der Waals surface area contributed by atoms with E-state index in [1.165, 1.54) is 44.2 Å². The van der Waals surface area contributed by atoms with Gasteiger partial charge in [0, 0.05) is 38.5 Å². The van der Waals surface area contributed by atoms with Gasteiger partial charge in [-0.1, -0.05) is 147 Å². The van der Waals surface area contributed by atoms with Crippen LogP contribution in [0, 0.1) is 0 Å². The number of hydrogen-bond donors (Lipinski definition) is 0. The van der Waals surface area contributed by atoms with Crippen LogP contribution in [0.4, 0.5) is 17.1 Å². The van der Waals surface area contributed by atoms with Crippen LogP contribution < -0.4 is 4.90 Å². The fourth-order valence-corrected chi connectivity index (χ4v) is 8.30. The molecule has 1 aliphatic rings. The van der Waals surface area contributed by atoms with Crippen LogP contribution in [-0.4, -0.2) is 0 Å². The number of furan rings is 1. The molecule has 0 amide bonds. The van der Waals surface area contributed by atoms with Gasteiger partial charge in [0.15, 0.2) is 0 Å². The Morgan fingerprint density at radius 1 is 0.431 bits per heavy atom. The lowest BCUT2D eigenvalue weighted by Crippen LogP contribution is -2.14. The monoisotopic (exact) mass is 653 g/mol. The van der Waals surface area contributed by atoms with Crippen LogP contribution in [0.25, 0.3) is 66.1 Å². The third kappa shape index (κ3) is 4.64. The van der Waals surface area contributed by atoms with Crippen molar-refractivity contribution < 1.29 is 4.42 Å². The third-order valence-corrected chi connectivity index (χ3v) is 10.9. The topological polar surface area (TPSA) is 16.4 Å². The molecule has 51 heavy (non-hydrogen) atoms. The van der Waals surface area contributed by atoms with Crippen molar-refractivity contribution in [2.75, 3.05) is 4.90 Å². The molecule has 2 nitrogen and oxygen atoms in total. The lowest BCUT2D eigenvalue weighted by Gasteiger charge is -2.27. The van der Waals surface area contributed by atoms with Crippen LogP contribution >= 0.6 is 0 Å². The number of hydrogen-bond acceptors (Lipinski definition) is 2. The fourth-order valence-electron chi connectivity index (χ4n) is 8.30. The number of fused-ring (bicyclic) bond motifs is 7. The van der Waals surface area contributed by atoms with Gasteiger partial charge in [0.25, 0.3) is 0 Å². The van der Waals surface area contributed by atoms with Crippen molar-refractivity contribution in [3.8, 4) is 33.4 Å². The summed E-state index contributed by atoms with van der Waals surface area (Å²) in [5.41, 5.74) is 15.3. The number of anilines is 3. The summed E-state index contributed by atoms with van der Waals surface area (Å²) in [7, 11) is 0.